The van der Waals surface area contributed by atoms with Crippen molar-refractivity contribution in [2.24, 2.45) is 0 Å². The zero-order valence-electron chi connectivity index (χ0n) is 25.1. The van der Waals surface area contributed by atoms with Crippen molar-refractivity contribution in [2.75, 3.05) is 16.3 Å². The number of hydrogen-bond donors (Lipinski definition) is 1. The van der Waals surface area contributed by atoms with Crippen LogP contribution in [0.1, 0.15) is 69.2 Å². The molecule has 0 bridgehead atoms. The third kappa shape index (κ3) is 8.84. The Morgan fingerprint density at radius 2 is 1.73 bits per heavy atom. The van der Waals surface area contributed by atoms with Gasteiger partial charge in [0, 0.05) is 61.2 Å². The second-order valence-electron chi connectivity index (χ2n) is 10.1. The van der Waals surface area contributed by atoms with Crippen molar-refractivity contribution < 1.29 is 23.2 Å². The van der Waals surface area contributed by atoms with Crippen molar-refractivity contribution in [3.8, 4) is 12.1 Å². The second kappa shape index (κ2) is 15.7. The number of nitrogens with zero attached hydrogens (tertiary/aromatic N) is 5. The molecule has 1 N–H and O–H groups in total. The fraction of sp³-hybridized carbons (Fsp3) is 0.333. The van der Waals surface area contributed by atoms with Gasteiger partial charge in [0.1, 0.15) is 11.9 Å². The maximum absolute atomic E-state index is 13.2. The van der Waals surface area contributed by atoms with Crippen LogP contribution in [-0.2, 0) is 14.4 Å². The van der Waals surface area contributed by atoms with Gasteiger partial charge in [0.05, 0.1) is 23.3 Å². The zero-order valence-corrected chi connectivity index (χ0v) is 25.9. The molecule has 0 spiro atoms. The highest BCUT2D eigenvalue weighted by atomic mass is 35.5. The van der Waals surface area contributed by atoms with E-state index < -0.39 is 42.7 Å². The molecule has 3 amide bonds. The largest absolute Gasteiger partial charge is 0.351 e. The first-order valence-corrected chi connectivity index (χ1v) is 14.8. The molecule has 1 atom stereocenters. The van der Waals surface area contributed by atoms with E-state index in [0.29, 0.717) is 41.2 Å². The average molecular weight is 635 g/mol. The van der Waals surface area contributed by atoms with Crippen LogP contribution in [0, 0.1) is 22.7 Å². The van der Waals surface area contributed by atoms with Crippen LogP contribution in [0.25, 0.3) is 0 Å². The first kappa shape index (κ1) is 34.6. The summed E-state index contributed by atoms with van der Waals surface area (Å²) in [6.07, 6.45) is 2.12. The van der Waals surface area contributed by atoms with Crippen LogP contribution in [0.3, 0.4) is 0 Å². The van der Waals surface area contributed by atoms with Gasteiger partial charge in [-0.25, -0.2) is 13.8 Å². The minimum atomic E-state index is -2.79. The Hall–Kier alpha value is -4.87. The first-order valence-electron chi connectivity index (χ1n) is 14.4. The lowest BCUT2D eigenvalue weighted by atomic mass is 9.87. The molecule has 0 radical (unpaired) electrons. The van der Waals surface area contributed by atoms with Crippen molar-refractivity contribution in [3.63, 3.8) is 0 Å². The molecule has 1 saturated heterocycles. The van der Waals surface area contributed by atoms with Crippen LogP contribution >= 0.6 is 11.6 Å². The zero-order chi connectivity index (χ0) is 33.1. The van der Waals surface area contributed by atoms with Gasteiger partial charge in [0.25, 0.3) is 5.92 Å². The standard InChI is InChI=1S/C21H18ClF2N3O2.C10H9N3O.C2H6/c1-13(28)27(16-6-4-5-14(9-16)12-25)19(17-7-2-3-8-18(17)22)20(29)26-15-10-21(23,24)11-15;11-7-8-3-4-12-9(6-8)13-5-1-2-10(13)14;1-2/h2-9,15,19H,10-11H2,1H3,(H,26,29);3-4,6H,1-2,5H2;1-2H3. The highest BCUT2D eigenvalue weighted by Crippen LogP contribution is 2.39. The van der Waals surface area contributed by atoms with Gasteiger partial charge in [-0.15, -0.1) is 0 Å². The van der Waals surface area contributed by atoms with Gasteiger partial charge in [0.2, 0.25) is 17.7 Å². The number of benzene rings is 2. The Kier molecular flexibility index (Phi) is 12.1. The number of carbonyl (C=O) groups excluding carboxylic acids is 3. The monoisotopic (exact) mass is 634 g/mol. The molecular weight excluding hydrogens is 602 g/mol. The van der Waals surface area contributed by atoms with E-state index in [-0.39, 0.29) is 10.9 Å². The molecule has 3 aromatic rings. The Morgan fingerprint density at radius 1 is 1.07 bits per heavy atom. The van der Waals surface area contributed by atoms with Crippen LogP contribution in [0.15, 0.2) is 66.9 Å². The summed E-state index contributed by atoms with van der Waals surface area (Å²) in [6.45, 7) is 5.99. The normalized spacial score (nSPS) is 15.5. The van der Waals surface area contributed by atoms with E-state index in [1.54, 1.807) is 65.7 Å². The van der Waals surface area contributed by atoms with Gasteiger partial charge >= 0.3 is 0 Å². The van der Waals surface area contributed by atoms with Crippen molar-refractivity contribution >= 4 is 40.8 Å². The molecule has 1 aliphatic carbocycles. The van der Waals surface area contributed by atoms with E-state index in [0.717, 1.165) is 6.42 Å². The summed E-state index contributed by atoms with van der Waals surface area (Å²) in [5.74, 6) is -3.19. The smallest absolute Gasteiger partial charge is 0.252 e. The number of hydrogen-bond acceptors (Lipinski definition) is 6. The molecule has 9 nitrogen and oxygen atoms in total. The molecular formula is C33H33ClF2N6O3. The SMILES string of the molecule is CC.CC(=O)N(c1cccc(C#N)c1)C(C(=O)NC1CC(F)(F)C1)c1ccccc1Cl.N#Cc1ccnc(N2CCCC2=O)c1. The number of carbonyl (C=O) groups is 3. The lowest BCUT2D eigenvalue weighted by molar-refractivity contribution is -0.132. The first-order chi connectivity index (χ1) is 21.5. The molecule has 1 saturated carbocycles. The van der Waals surface area contributed by atoms with Crippen LogP contribution in [-0.4, -0.2) is 41.2 Å². The van der Waals surface area contributed by atoms with E-state index in [2.05, 4.69) is 10.3 Å². The fourth-order valence-electron chi connectivity index (χ4n) is 4.90. The Bertz CT molecular complexity index is 1610. The third-order valence-electron chi connectivity index (χ3n) is 6.96. The molecule has 2 aliphatic rings. The Balaban J connectivity index is 0.000000287. The number of anilines is 2. The van der Waals surface area contributed by atoms with Crippen LogP contribution < -0.4 is 15.1 Å². The van der Waals surface area contributed by atoms with Gasteiger partial charge in [-0.3, -0.25) is 24.2 Å². The number of nitriles is 2. The summed E-state index contributed by atoms with van der Waals surface area (Å²) in [7, 11) is 0. The highest BCUT2D eigenvalue weighted by Gasteiger charge is 2.47. The quantitative estimate of drug-likeness (QED) is 0.337. The molecule has 2 heterocycles. The van der Waals surface area contributed by atoms with Gasteiger partial charge in [-0.2, -0.15) is 10.5 Å². The molecule has 234 valence electrons. The summed E-state index contributed by atoms with van der Waals surface area (Å²) >= 11 is 6.30. The number of pyridine rings is 1. The molecule has 45 heavy (non-hydrogen) atoms. The second-order valence-corrected chi connectivity index (χ2v) is 10.5. The lowest BCUT2D eigenvalue weighted by Crippen LogP contribution is -2.54. The molecule has 1 unspecified atom stereocenters. The predicted molar refractivity (Wildman–Crippen MR) is 167 cm³/mol. The number of alkyl halides is 2. The fourth-order valence-corrected chi connectivity index (χ4v) is 5.14. The summed E-state index contributed by atoms with van der Waals surface area (Å²) < 4.78 is 26.4. The predicted octanol–water partition coefficient (Wildman–Crippen LogP) is 6.33. The summed E-state index contributed by atoms with van der Waals surface area (Å²) in [6, 6.07) is 18.2. The van der Waals surface area contributed by atoms with Crippen LogP contribution in [0.4, 0.5) is 20.3 Å². The maximum atomic E-state index is 13.2. The topological polar surface area (TPSA) is 130 Å². The summed E-state index contributed by atoms with van der Waals surface area (Å²) in [5.41, 5.74) is 1.53. The number of rotatable bonds is 6. The number of halogens is 3. The molecule has 1 aromatic heterocycles. The average Bonchev–Trinajstić information content (AvgIpc) is 3.46. The van der Waals surface area contributed by atoms with Crippen molar-refractivity contribution in [3.05, 3.63) is 88.6 Å². The number of nitrogens with one attached hydrogen (secondary N) is 1. The van der Waals surface area contributed by atoms with Crippen molar-refractivity contribution in [1.29, 1.82) is 10.5 Å². The molecule has 5 rings (SSSR count). The van der Waals surface area contributed by atoms with Gasteiger partial charge in [-0.1, -0.05) is 49.7 Å². The highest BCUT2D eigenvalue weighted by molar-refractivity contribution is 6.31. The molecule has 2 fully saturated rings. The van der Waals surface area contributed by atoms with Crippen LogP contribution in [0.5, 0.6) is 0 Å². The lowest BCUT2D eigenvalue weighted by Gasteiger charge is -2.38. The van der Waals surface area contributed by atoms with Crippen molar-refractivity contribution in [1.82, 2.24) is 10.3 Å². The van der Waals surface area contributed by atoms with E-state index in [4.69, 9.17) is 16.9 Å². The van der Waals surface area contributed by atoms with E-state index in [1.165, 1.54) is 17.9 Å². The Morgan fingerprint density at radius 3 is 2.31 bits per heavy atom. The molecule has 2 aromatic carbocycles. The van der Waals surface area contributed by atoms with Crippen molar-refractivity contribution in [2.45, 2.75) is 64.5 Å². The minimum Gasteiger partial charge on any atom is -0.351 e. The van der Waals surface area contributed by atoms with E-state index in [9.17, 15) is 28.4 Å². The molecule has 1 aliphatic heterocycles. The summed E-state index contributed by atoms with van der Waals surface area (Å²) in [4.78, 5) is 44.0. The number of amides is 3. The Labute approximate surface area is 266 Å². The van der Waals surface area contributed by atoms with E-state index >= 15 is 0 Å². The summed E-state index contributed by atoms with van der Waals surface area (Å²) in [5, 5.41) is 20.7. The van der Waals surface area contributed by atoms with Crippen LogP contribution in [0.2, 0.25) is 5.02 Å². The van der Waals surface area contributed by atoms with Gasteiger partial charge in [0.15, 0.2) is 0 Å². The minimum absolute atomic E-state index is 0.0904. The van der Waals surface area contributed by atoms with E-state index in [1.807, 2.05) is 26.0 Å². The van der Waals surface area contributed by atoms with Gasteiger partial charge < -0.3 is 5.32 Å². The number of aromatic nitrogens is 1. The third-order valence-corrected chi connectivity index (χ3v) is 7.30. The molecule has 12 heteroatoms. The van der Waals surface area contributed by atoms with Gasteiger partial charge in [-0.05, 0) is 42.8 Å². The maximum Gasteiger partial charge on any atom is 0.252 e.